The number of non-ortho nitro benzene ring substituents is 1. The highest BCUT2D eigenvalue weighted by molar-refractivity contribution is 5.38. The van der Waals surface area contributed by atoms with Gasteiger partial charge in [0, 0.05) is 12.1 Å². The molecule has 2 unspecified atom stereocenters. The predicted molar refractivity (Wildman–Crippen MR) is 64.0 cm³/mol. The van der Waals surface area contributed by atoms with Crippen LogP contribution in [0.5, 0.6) is 5.75 Å². The van der Waals surface area contributed by atoms with Crippen LogP contribution in [0.15, 0.2) is 24.3 Å². The molecule has 0 radical (unpaired) electrons. The second kappa shape index (κ2) is 5.14. The van der Waals surface area contributed by atoms with Crippen molar-refractivity contribution in [3.63, 3.8) is 0 Å². The third-order valence-corrected chi connectivity index (χ3v) is 3.00. The summed E-state index contributed by atoms with van der Waals surface area (Å²) in [5.74, 6) is 0.554. The first kappa shape index (κ1) is 11.9. The molecule has 5 heteroatoms. The third-order valence-electron chi connectivity index (χ3n) is 3.00. The maximum absolute atomic E-state index is 10.6. The summed E-state index contributed by atoms with van der Waals surface area (Å²) in [5.41, 5.74) is 5.93. The van der Waals surface area contributed by atoms with E-state index in [1.165, 1.54) is 12.1 Å². The van der Waals surface area contributed by atoms with Crippen LogP contribution in [0.1, 0.15) is 25.7 Å². The molecule has 0 amide bonds. The molecule has 17 heavy (non-hydrogen) atoms. The largest absolute Gasteiger partial charge is 0.490 e. The first-order valence-corrected chi connectivity index (χ1v) is 5.82. The third kappa shape index (κ3) is 3.17. The molecule has 2 rings (SSSR count). The maximum Gasteiger partial charge on any atom is 0.273 e. The van der Waals surface area contributed by atoms with Gasteiger partial charge >= 0.3 is 0 Å². The maximum atomic E-state index is 10.6. The minimum Gasteiger partial charge on any atom is -0.490 e. The van der Waals surface area contributed by atoms with Crippen molar-refractivity contribution in [1.82, 2.24) is 0 Å². The monoisotopic (exact) mass is 236 g/mol. The molecule has 1 aromatic carbocycles. The second-order valence-electron chi connectivity index (χ2n) is 4.42. The zero-order chi connectivity index (χ0) is 12.3. The van der Waals surface area contributed by atoms with E-state index in [-0.39, 0.29) is 17.8 Å². The molecule has 1 aromatic rings. The Morgan fingerprint density at radius 1 is 1.41 bits per heavy atom. The number of benzene rings is 1. The van der Waals surface area contributed by atoms with Crippen molar-refractivity contribution < 1.29 is 9.66 Å². The number of nitro benzene ring substituents is 1. The van der Waals surface area contributed by atoms with E-state index in [0.29, 0.717) is 5.75 Å². The van der Waals surface area contributed by atoms with Gasteiger partial charge in [-0.2, -0.15) is 0 Å². The fraction of sp³-hybridized carbons (Fsp3) is 0.500. The van der Waals surface area contributed by atoms with Gasteiger partial charge in [0.1, 0.15) is 11.9 Å². The minimum atomic E-state index is -0.417. The van der Waals surface area contributed by atoms with Gasteiger partial charge in [-0.05, 0) is 31.7 Å². The number of nitro groups is 1. The van der Waals surface area contributed by atoms with Gasteiger partial charge in [-0.15, -0.1) is 0 Å². The highest BCUT2D eigenvalue weighted by atomic mass is 16.6. The summed E-state index contributed by atoms with van der Waals surface area (Å²) in [6, 6.07) is 6.48. The summed E-state index contributed by atoms with van der Waals surface area (Å²) in [6.07, 6.45) is 3.97. The quantitative estimate of drug-likeness (QED) is 0.644. The van der Waals surface area contributed by atoms with Gasteiger partial charge in [-0.25, -0.2) is 0 Å². The van der Waals surface area contributed by atoms with E-state index in [1.54, 1.807) is 12.1 Å². The van der Waals surface area contributed by atoms with E-state index in [0.717, 1.165) is 25.7 Å². The van der Waals surface area contributed by atoms with Crippen molar-refractivity contribution in [1.29, 1.82) is 0 Å². The summed E-state index contributed by atoms with van der Waals surface area (Å²) < 4.78 is 5.73. The number of rotatable bonds is 3. The number of hydrogen-bond acceptors (Lipinski definition) is 4. The van der Waals surface area contributed by atoms with E-state index in [9.17, 15) is 10.1 Å². The van der Waals surface area contributed by atoms with Crippen molar-refractivity contribution in [3.05, 3.63) is 34.4 Å². The SMILES string of the molecule is NC1CCCC(Oc2cccc([N+](=O)[O-])c2)C1. The first-order valence-electron chi connectivity index (χ1n) is 5.82. The molecule has 1 fully saturated rings. The van der Waals surface area contributed by atoms with Gasteiger partial charge in [0.25, 0.3) is 5.69 Å². The molecule has 1 aliphatic carbocycles. The average Bonchev–Trinajstić information content (AvgIpc) is 2.29. The Morgan fingerprint density at radius 3 is 2.94 bits per heavy atom. The van der Waals surface area contributed by atoms with E-state index < -0.39 is 4.92 Å². The summed E-state index contributed by atoms with van der Waals surface area (Å²) in [6.45, 7) is 0. The first-order chi connectivity index (χ1) is 8.15. The standard InChI is InChI=1S/C12H16N2O3/c13-9-3-1-5-11(7-9)17-12-6-2-4-10(8-12)14(15)16/h2,4,6,8-9,11H,1,3,5,7,13H2. The van der Waals surface area contributed by atoms with Gasteiger partial charge < -0.3 is 10.5 Å². The second-order valence-corrected chi connectivity index (χ2v) is 4.42. The van der Waals surface area contributed by atoms with E-state index >= 15 is 0 Å². The summed E-state index contributed by atoms with van der Waals surface area (Å²) in [7, 11) is 0. The van der Waals surface area contributed by atoms with Crippen LogP contribution in [0.3, 0.4) is 0 Å². The fourth-order valence-corrected chi connectivity index (χ4v) is 2.15. The molecule has 0 saturated heterocycles. The number of ether oxygens (including phenoxy) is 1. The molecule has 5 nitrogen and oxygen atoms in total. The lowest BCUT2D eigenvalue weighted by Gasteiger charge is -2.27. The normalized spacial score (nSPS) is 24.3. The lowest BCUT2D eigenvalue weighted by Crippen LogP contribution is -2.33. The molecule has 2 N–H and O–H groups in total. The van der Waals surface area contributed by atoms with Crippen LogP contribution in [0, 0.1) is 10.1 Å². The zero-order valence-corrected chi connectivity index (χ0v) is 9.54. The molecule has 0 bridgehead atoms. The topological polar surface area (TPSA) is 78.4 Å². The Balaban J connectivity index is 2.02. The van der Waals surface area contributed by atoms with E-state index in [4.69, 9.17) is 10.5 Å². The minimum absolute atomic E-state index is 0.0580. The highest BCUT2D eigenvalue weighted by Gasteiger charge is 2.21. The summed E-state index contributed by atoms with van der Waals surface area (Å²) in [4.78, 5) is 10.2. The molecule has 2 atom stereocenters. The number of hydrogen-bond donors (Lipinski definition) is 1. The van der Waals surface area contributed by atoms with Crippen LogP contribution in [0.2, 0.25) is 0 Å². The van der Waals surface area contributed by atoms with Gasteiger partial charge in [0.2, 0.25) is 0 Å². The van der Waals surface area contributed by atoms with Crippen LogP contribution in [-0.2, 0) is 0 Å². The van der Waals surface area contributed by atoms with E-state index in [1.807, 2.05) is 0 Å². The van der Waals surface area contributed by atoms with Crippen molar-refractivity contribution in [3.8, 4) is 5.75 Å². The molecule has 1 aliphatic rings. The van der Waals surface area contributed by atoms with Gasteiger partial charge in [-0.1, -0.05) is 6.07 Å². The summed E-state index contributed by atoms with van der Waals surface area (Å²) in [5, 5.41) is 10.6. The van der Waals surface area contributed by atoms with Gasteiger partial charge in [0.05, 0.1) is 11.0 Å². The lowest BCUT2D eigenvalue weighted by atomic mass is 9.93. The van der Waals surface area contributed by atoms with Crippen molar-refractivity contribution in [2.45, 2.75) is 37.8 Å². The number of nitrogens with zero attached hydrogens (tertiary/aromatic N) is 1. The fourth-order valence-electron chi connectivity index (χ4n) is 2.15. The van der Waals surface area contributed by atoms with Gasteiger partial charge in [-0.3, -0.25) is 10.1 Å². The molecular formula is C12H16N2O3. The Morgan fingerprint density at radius 2 is 2.24 bits per heavy atom. The molecule has 0 aromatic heterocycles. The van der Waals surface area contributed by atoms with Gasteiger partial charge in [0.15, 0.2) is 0 Å². The Hall–Kier alpha value is -1.62. The lowest BCUT2D eigenvalue weighted by molar-refractivity contribution is -0.384. The van der Waals surface area contributed by atoms with Crippen LogP contribution < -0.4 is 10.5 Å². The molecule has 92 valence electrons. The Bertz CT molecular complexity index is 408. The average molecular weight is 236 g/mol. The smallest absolute Gasteiger partial charge is 0.273 e. The molecule has 0 spiro atoms. The zero-order valence-electron chi connectivity index (χ0n) is 9.54. The predicted octanol–water partition coefficient (Wildman–Crippen LogP) is 2.24. The number of nitrogens with two attached hydrogens (primary N) is 1. The van der Waals surface area contributed by atoms with Crippen molar-refractivity contribution in [2.24, 2.45) is 5.73 Å². The van der Waals surface area contributed by atoms with Crippen molar-refractivity contribution >= 4 is 5.69 Å². The van der Waals surface area contributed by atoms with Crippen molar-refractivity contribution in [2.75, 3.05) is 0 Å². The molecular weight excluding hydrogens is 220 g/mol. The van der Waals surface area contributed by atoms with E-state index in [2.05, 4.69) is 0 Å². The molecule has 1 saturated carbocycles. The Kier molecular flexibility index (Phi) is 3.58. The highest BCUT2D eigenvalue weighted by Crippen LogP contribution is 2.25. The van der Waals surface area contributed by atoms with Crippen LogP contribution in [-0.4, -0.2) is 17.1 Å². The van der Waals surface area contributed by atoms with Crippen LogP contribution in [0.4, 0.5) is 5.69 Å². The van der Waals surface area contributed by atoms with Crippen LogP contribution in [0.25, 0.3) is 0 Å². The summed E-state index contributed by atoms with van der Waals surface area (Å²) >= 11 is 0. The van der Waals surface area contributed by atoms with Crippen LogP contribution >= 0.6 is 0 Å². The Labute approximate surface area is 99.7 Å². The molecule has 0 heterocycles. The molecule has 0 aliphatic heterocycles.